The van der Waals surface area contributed by atoms with Gasteiger partial charge in [-0.15, -0.1) is 11.8 Å². The summed E-state index contributed by atoms with van der Waals surface area (Å²) in [5.41, 5.74) is 4.90. The lowest BCUT2D eigenvalue weighted by Crippen LogP contribution is -2.30. The molecule has 0 bridgehead atoms. The van der Waals surface area contributed by atoms with Gasteiger partial charge in [-0.05, 0) is 54.8 Å². The van der Waals surface area contributed by atoms with Crippen molar-refractivity contribution in [2.75, 3.05) is 4.90 Å². The fourth-order valence-corrected chi connectivity index (χ4v) is 5.40. The van der Waals surface area contributed by atoms with Crippen molar-refractivity contribution in [2.24, 2.45) is 0 Å². The molecule has 2 aromatic heterocycles. The number of aromatic nitrogens is 2. The molecule has 0 spiro atoms. The second-order valence-electron chi connectivity index (χ2n) is 7.82. The standard InChI is InChI=1S/C25H25N3OS2/c1-16(2)30-21-9-5-8-20(13-21)24(29)28(15-19-7-6-12-26-14-19)25-27-22-17(3)10-11-18(4)23(22)31-25/h5-14,16H,15H2,1-4H3. The van der Waals surface area contributed by atoms with Crippen molar-refractivity contribution >= 4 is 44.4 Å². The Kier molecular flexibility index (Phi) is 6.39. The maximum Gasteiger partial charge on any atom is 0.260 e. The average Bonchev–Trinajstić information content (AvgIpc) is 3.21. The molecule has 0 radical (unpaired) electrons. The molecule has 0 N–H and O–H groups in total. The molecule has 0 saturated carbocycles. The van der Waals surface area contributed by atoms with Crippen LogP contribution in [-0.2, 0) is 6.54 Å². The molecule has 4 nitrogen and oxygen atoms in total. The molecule has 4 rings (SSSR count). The topological polar surface area (TPSA) is 46.1 Å². The van der Waals surface area contributed by atoms with Gasteiger partial charge in [0.05, 0.1) is 16.8 Å². The van der Waals surface area contributed by atoms with E-state index in [1.807, 2.05) is 30.3 Å². The average molecular weight is 448 g/mol. The van der Waals surface area contributed by atoms with E-state index in [0.717, 1.165) is 26.2 Å². The second kappa shape index (κ2) is 9.20. The molecule has 158 valence electrons. The molecule has 2 aromatic carbocycles. The number of hydrogen-bond donors (Lipinski definition) is 0. The summed E-state index contributed by atoms with van der Waals surface area (Å²) in [7, 11) is 0. The first-order valence-corrected chi connectivity index (χ1v) is 12.0. The first kappa shape index (κ1) is 21.5. The van der Waals surface area contributed by atoms with Gasteiger partial charge in [0.2, 0.25) is 0 Å². The zero-order valence-electron chi connectivity index (χ0n) is 18.1. The van der Waals surface area contributed by atoms with Crippen molar-refractivity contribution in [3.05, 3.63) is 83.2 Å². The largest absolute Gasteiger partial charge is 0.279 e. The number of hydrogen-bond acceptors (Lipinski definition) is 5. The molecule has 6 heteroatoms. The van der Waals surface area contributed by atoms with Gasteiger partial charge in [0.25, 0.3) is 5.91 Å². The Bertz CT molecular complexity index is 1180. The lowest BCUT2D eigenvalue weighted by molar-refractivity contribution is 0.0985. The number of pyridine rings is 1. The number of thioether (sulfide) groups is 1. The van der Waals surface area contributed by atoms with Crippen LogP contribution in [0.15, 0.2) is 65.8 Å². The summed E-state index contributed by atoms with van der Waals surface area (Å²) in [5.74, 6) is -0.0515. The van der Waals surface area contributed by atoms with Crippen molar-refractivity contribution in [2.45, 2.75) is 44.4 Å². The molecule has 31 heavy (non-hydrogen) atoms. The number of carbonyl (C=O) groups excluding carboxylic acids is 1. The van der Waals surface area contributed by atoms with Crippen molar-refractivity contribution < 1.29 is 4.79 Å². The van der Waals surface area contributed by atoms with Gasteiger partial charge in [0.15, 0.2) is 5.13 Å². The third-order valence-electron chi connectivity index (χ3n) is 4.92. The number of thiazole rings is 1. The van der Waals surface area contributed by atoms with Gasteiger partial charge in [-0.3, -0.25) is 14.7 Å². The zero-order valence-corrected chi connectivity index (χ0v) is 19.8. The van der Waals surface area contributed by atoms with Gasteiger partial charge in [0, 0.05) is 28.1 Å². The van der Waals surface area contributed by atoms with E-state index in [-0.39, 0.29) is 5.91 Å². The van der Waals surface area contributed by atoms with Crippen LogP contribution in [0.2, 0.25) is 0 Å². The van der Waals surface area contributed by atoms with Crippen LogP contribution in [0.1, 0.15) is 40.9 Å². The molecule has 0 fully saturated rings. The first-order valence-electron chi connectivity index (χ1n) is 10.3. The Hall–Kier alpha value is -2.70. The summed E-state index contributed by atoms with van der Waals surface area (Å²) in [6.07, 6.45) is 3.54. The molecule has 0 aliphatic heterocycles. The van der Waals surface area contributed by atoms with Gasteiger partial charge >= 0.3 is 0 Å². The molecule has 0 atom stereocenters. The molecular weight excluding hydrogens is 422 g/mol. The van der Waals surface area contributed by atoms with Crippen LogP contribution in [0.4, 0.5) is 5.13 Å². The first-order chi connectivity index (χ1) is 14.9. The third-order valence-corrected chi connectivity index (χ3v) is 7.13. The van der Waals surface area contributed by atoms with Crippen LogP contribution in [-0.4, -0.2) is 21.1 Å². The Labute approximate surface area is 191 Å². The van der Waals surface area contributed by atoms with E-state index >= 15 is 0 Å². The van der Waals surface area contributed by atoms with E-state index in [2.05, 4.69) is 50.9 Å². The Morgan fingerprint density at radius 2 is 1.90 bits per heavy atom. The van der Waals surface area contributed by atoms with Crippen LogP contribution in [0, 0.1) is 13.8 Å². The monoisotopic (exact) mass is 447 g/mol. The minimum atomic E-state index is -0.0515. The van der Waals surface area contributed by atoms with Gasteiger partial charge in [-0.1, -0.05) is 49.4 Å². The third kappa shape index (κ3) is 4.81. The maximum absolute atomic E-state index is 13.7. The summed E-state index contributed by atoms with van der Waals surface area (Å²) >= 11 is 3.33. The van der Waals surface area contributed by atoms with Crippen LogP contribution in [0.3, 0.4) is 0 Å². The molecule has 4 aromatic rings. The number of amides is 1. The molecule has 0 saturated heterocycles. The molecule has 2 heterocycles. The fraction of sp³-hybridized carbons (Fsp3) is 0.240. The normalized spacial score (nSPS) is 11.3. The van der Waals surface area contributed by atoms with Crippen LogP contribution < -0.4 is 4.90 Å². The summed E-state index contributed by atoms with van der Waals surface area (Å²) in [4.78, 5) is 25.7. The van der Waals surface area contributed by atoms with E-state index in [4.69, 9.17) is 4.98 Å². The highest BCUT2D eigenvalue weighted by Crippen LogP contribution is 2.34. The van der Waals surface area contributed by atoms with Crippen molar-refractivity contribution in [3.8, 4) is 0 Å². The highest BCUT2D eigenvalue weighted by Gasteiger charge is 2.23. The molecule has 0 aliphatic carbocycles. The predicted octanol–water partition coefficient (Wildman–Crippen LogP) is 6.66. The maximum atomic E-state index is 13.7. The second-order valence-corrected chi connectivity index (χ2v) is 10.4. The van der Waals surface area contributed by atoms with Gasteiger partial charge in [0.1, 0.15) is 0 Å². The number of fused-ring (bicyclic) bond motifs is 1. The smallest absolute Gasteiger partial charge is 0.260 e. The van der Waals surface area contributed by atoms with E-state index < -0.39 is 0 Å². The van der Waals surface area contributed by atoms with Gasteiger partial charge < -0.3 is 0 Å². The SMILES string of the molecule is Cc1ccc(C)c2sc(N(Cc3cccnc3)C(=O)c3cccc(SC(C)C)c3)nc12. The minimum Gasteiger partial charge on any atom is -0.279 e. The Balaban J connectivity index is 1.77. The van der Waals surface area contributed by atoms with Crippen molar-refractivity contribution in [1.82, 2.24) is 9.97 Å². The summed E-state index contributed by atoms with van der Waals surface area (Å²) in [6.45, 7) is 8.88. The van der Waals surface area contributed by atoms with Gasteiger partial charge in [-0.2, -0.15) is 0 Å². The summed E-state index contributed by atoms with van der Waals surface area (Å²) < 4.78 is 1.13. The summed E-state index contributed by atoms with van der Waals surface area (Å²) in [6, 6.07) is 15.9. The number of anilines is 1. The fourth-order valence-electron chi connectivity index (χ4n) is 3.39. The van der Waals surface area contributed by atoms with Crippen molar-refractivity contribution in [1.29, 1.82) is 0 Å². The number of nitrogens with zero attached hydrogens (tertiary/aromatic N) is 3. The lowest BCUT2D eigenvalue weighted by atomic mass is 10.1. The quantitative estimate of drug-likeness (QED) is 0.310. The molecule has 0 aliphatic rings. The predicted molar refractivity (Wildman–Crippen MR) is 131 cm³/mol. The number of rotatable bonds is 6. The van der Waals surface area contributed by atoms with Crippen LogP contribution >= 0.6 is 23.1 Å². The molecule has 1 amide bonds. The number of benzene rings is 2. The number of aryl methyl sites for hydroxylation is 2. The van der Waals surface area contributed by atoms with E-state index in [0.29, 0.717) is 22.5 Å². The number of carbonyl (C=O) groups is 1. The highest BCUT2D eigenvalue weighted by molar-refractivity contribution is 7.99. The van der Waals surface area contributed by atoms with E-state index in [1.54, 1.807) is 40.4 Å². The van der Waals surface area contributed by atoms with Crippen LogP contribution in [0.25, 0.3) is 10.2 Å². The Morgan fingerprint density at radius 3 is 2.61 bits per heavy atom. The summed E-state index contributed by atoms with van der Waals surface area (Å²) in [5, 5.41) is 1.16. The Morgan fingerprint density at radius 1 is 1.10 bits per heavy atom. The van der Waals surface area contributed by atoms with E-state index in [1.165, 1.54) is 5.56 Å². The molecular formula is C25H25N3OS2. The van der Waals surface area contributed by atoms with Crippen molar-refractivity contribution in [3.63, 3.8) is 0 Å². The molecule has 0 unspecified atom stereocenters. The van der Waals surface area contributed by atoms with Gasteiger partial charge in [-0.25, -0.2) is 4.98 Å². The highest BCUT2D eigenvalue weighted by atomic mass is 32.2. The van der Waals surface area contributed by atoms with E-state index in [9.17, 15) is 4.79 Å². The van der Waals surface area contributed by atoms with Crippen LogP contribution in [0.5, 0.6) is 0 Å². The minimum absolute atomic E-state index is 0.0515. The zero-order chi connectivity index (χ0) is 22.0. The lowest BCUT2D eigenvalue weighted by Gasteiger charge is -2.20.